The number of carbonyl (C=O) groups is 3. The van der Waals surface area contributed by atoms with Gasteiger partial charge in [-0.1, -0.05) is 6.92 Å². The molecule has 8 nitrogen and oxygen atoms in total. The van der Waals surface area contributed by atoms with Crippen LogP contribution in [-0.4, -0.2) is 61.6 Å². The molecule has 1 fully saturated rings. The number of rotatable bonds is 12. The molecule has 0 aliphatic carbocycles. The normalized spacial score (nSPS) is 17.9. The second-order valence-corrected chi connectivity index (χ2v) is 12.6. The molecule has 1 aromatic carbocycles. The van der Waals surface area contributed by atoms with Crippen LogP contribution in [0.15, 0.2) is 12.1 Å². The van der Waals surface area contributed by atoms with Crippen molar-refractivity contribution >= 4 is 85.7 Å². The molecule has 0 radical (unpaired) electrons. The zero-order valence-corrected chi connectivity index (χ0v) is 26.0. The number of benzene rings is 1. The zero-order chi connectivity index (χ0) is 25.7. The van der Waals surface area contributed by atoms with Gasteiger partial charge in [0.15, 0.2) is 0 Å². The van der Waals surface area contributed by atoms with Crippen LogP contribution in [0, 0.1) is 21.5 Å². The lowest BCUT2D eigenvalue weighted by atomic mass is 9.72. The van der Waals surface area contributed by atoms with Crippen LogP contribution >= 0.6 is 67.8 Å². The van der Waals surface area contributed by atoms with Crippen LogP contribution in [0.3, 0.4) is 0 Å². The Kier molecular flexibility index (Phi) is 11.3. The number of halogens is 3. The molecule has 190 valence electrons. The van der Waals surface area contributed by atoms with Gasteiger partial charge >= 0.3 is 17.9 Å². The Bertz CT molecular complexity index is 916. The van der Waals surface area contributed by atoms with E-state index in [4.69, 9.17) is 18.9 Å². The first-order valence-corrected chi connectivity index (χ1v) is 14.0. The summed E-state index contributed by atoms with van der Waals surface area (Å²) < 4.78 is 23.5. The molecule has 0 bridgehead atoms. The van der Waals surface area contributed by atoms with Crippen molar-refractivity contribution < 1.29 is 38.4 Å². The topological polar surface area (TPSA) is 112 Å². The third-order valence-corrected chi connectivity index (χ3v) is 9.15. The first-order chi connectivity index (χ1) is 15.8. The molecule has 1 N–H and O–H groups in total. The highest BCUT2D eigenvalue weighted by molar-refractivity contribution is 14.1. The monoisotopic (exact) mass is 814 g/mol. The Morgan fingerprint density at radius 1 is 1.09 bits per heavy atom. The summed E-state index contributed by atoms with van der Waals surface area (Å²) in [6.45, 7) is 7.17. The smallest absolute Gasteiger partial charge is 0.339 e. The van der Waals surface area contributed by atoms with Gasteiger partial charge in [0.2, 0.25) is 0 Å². The number of hydrogen-bond acceptors (Lipinski definition) is 8. The zero-order valence-electron chi connectivity index (χ0n) is 19.5. The maximum atomic E-state index is 12.7. The minimum atomic E-state index is -1.18. The van der Waals surface area contributed by atoms with E-state index in [9.17, 15) is 19.5 Å². The second kappa shape index (κ2) is 12.8. The molecule has 1 aliphatic rings. The van der Waals surface area contributed by atoms with E-state index in [0.29, 0.717) is 18.6 Å². The fraction of sp³-hybridized carbons (Fsp3) is 0.609. The van der Waals surface area contributed by atoms with Gasteiger partial charge in [0, 0.05) is 10.7 Å². The van der Waals surface area contributed by atoms with E-state index >= 15 is 0 Å². The first-order valence-electron chi connectivity index (χ1n) is 10.7. The van der Waals surface area contributed by atoms with Crippen LogP contribution in [0.5, 0.6) is 0 Å². The molecule has 0 amide bonds. The quantitative estimate of drug-likeness (QED) is 0.109. The fourth-order valence-corrected chi connectivity index (χ4v) is 5.64. The van der Waals surface area contributed by atoms with E-state index in [1.807, 2.05) is 13.0 Å². The van der Waals surface area contributed by atoms with Crippen molar-refractivity contribution in [2.45, 2.75) is 52.7 Å². The second-order valence-electron chi connectivity index (χ2n) is 9.13. The molecule has 1 aliphatic heterocycles. The summed E-state index contributed by atoms with van der Waals surface area (Å²) in [5.41, 5.74) is -1.45. The molecular weight excluding hydrogens is 785 g/mol. The van der Waals surface area contributed by atoms with Crippen LogP contribution in [0.1, 0.15) is 50.9 Å². The highest BCUT2D eigenvalue weighted by Crippen LogP contribution is 2.38. The van der Waals surface area contributed by atoms with E-state index < -0.39 is 28.9 Å². The predicted octanol–water partition coefficient (Wildman–Crippen LogP) is 4.34. The maximum absolute atomic E-state index is 12.7. The Labute approximate surface area is 240 Å². The first kappa shape index (κ1) is 30.0. The van der Waals surface area contributed by atoms with Gasteiger partial charge in [-0.15, -0.1) is 0 Å². The SMILES string of the molecule is CCC(C)(CC(C)(C)C(=O)OCC(O)COC(=O)c1cc(I)cc(I)c1I)C(=O)OCC1CO1. The molecule has 1 heterocycles. The molecule has 1 saturated heterocycles. The van der Waals surface area contributed by atoms with Crippen molar-refractivity contribution in [2.75, 3.05) is 26.4 Å². The standard InChI is InChI=1S/C23H29I3O8/c1-5-23(4,21(30)34-11-15-10-31-15)12-22(2,3)20(29)33-9-14(27)8-32-19(28)16-6-13(24)7-17(25)18(16)26/h6-7,14-15,27H,5,8-12H2,1-4H3. The average Bonchev–Trinajstić information content (AvgIpc) is 3.60. The number of carbonyl (C=O) groups excluding carboxylic acids is 3. The summed E-state index contributed by atoms with van der Waals surface area (Å²) in [4.78, 5) is 37.8. The molecule has 0 spiro atoms. The van der Waals surface area contributed by atoms with E-state index in [-0.39, 0.29) is 38.3 Å². The number of aliphatic hydroxyl groups is 1. The van der Waals surface area contributed by atoms with Crippen molar-refractivity contribution in [3.8, 4) is 0 Å². The minimum Gasteiger partial charge on any atom is -0.462 e. The van der Waals surface area contributed by atoms with E-state index in [1.165, 1.54) is 0 Å². The third kappa shape index (κ3) is 8.69. The summed E-state index contributed by atoms with van der Waals surface area (Å²) in [5, 5.41) is 10.2. The number of ether oxygens (including phenoxy) is 4. The van der Waals surface area contributed by atoms with Crippen molar-refractivity contribution in [3.63, 3.8) is 0 Å². The van der Waals surface area contributed by atoms with Crippen LogP contribution in [0.2, 0.25) is 0 Å². The number of hydrogen-bond donors (Lipinski definition) is 1. The Hall–Kier alpha value is -0.260. The fourth-order valence-electron chi connectivity index (χ4n) is 3.27. The van der Waals surface area contributed by atoms with Crippen LogP contribution in [0.25, 0.3) is 0 Å². The average molecular weight is 814 g/mol. The van der Waals surface area contributed by atoms with Crippen molar-refractivity contribution in [1.29, 1.82) is 0 Å². The lowest BCUT2D eigenvalue weighted by Gasteiger charge is -2.33. The van der Waals surface area contributed by atoms with Crippen molar-refractivity contribution in [3.05, 3.63) is 28.4 Å². The van der Waals surface area contributed by atoms with Gasteiger partial charge in [-0.25, -0.2) is 4.79 Å². The lowest BCUT2D eigenvalue weighted by Crippen LogP contribution is -2.39. The molecule has 1 aromatic rings. The molecule has 34 heavy (non-hydrogen) atoms. The summed E-state index contributed by atoms with van der Waals surface area (Å²) in [5.74, 6) is -1.49. The lowest BCUT2D eigenvalue weighted by molar-refractivity contribution is -0.165. The predicted molar refractivity (Wildman–Crippen MR) is 149 cm³/mol. The summed E-state index contributed by atoms with van der Waals surface area (Å²) in [7, 11) is 0. The summed E-state index contributed by atoms with van der Waals surface area (Å²) in [6, 6.07) is 3.66. The highest BCUT2D eigenvalue weighted by atomic mass is 127. The minimum absolute atomic E-state index is 0.0313. The van der Waals surface area contributed by atoms with Crippen molar-refractivity contribution in [2.24, 2.45) is 10.8 Å². The Balaban J connectivity index is 1.85. The highest BCUT2D eigenvalue weighted by Gasteiger charge is 2.43. The van der Waals surface area contributed by atoms with Gasteiger partial charge in [0.1, 0.15) is 32.0 Å². The molecule has 2 rings (SSSR count). The van der Waals surface area contributed by atoms with E-state index in [0.717, 1.165) is 10.7 Å². The molecule has 3 unspecified atom stereocenters. The largest absolute Gasteiger partial charge is 0.462 e. The van der Waals surface area contributed by atoms with Gasteiger partial charge in [0.05, 0.1) is 23.0 Å². The Morgan fingerprint density at radius 2 is 1.71 bits per heavy atom. The Morgan fingerprint density at radius 3 is 2.29 bits per heavy atom. The molecule has 3 atom stereocenters. The molecule has 11 heteroatoms. The van der Waals surface area contributed by atoms with Gasteiger partial charge in [-0.2, -0.15) is 0 Å². The van der Waals surface area contributed by atoms with Gasteiger partial charge in [0.25, 0.3) is 0 Å². The van der Waals surface area contributed by atoms with Gasteiger partial charge in [-0.3, -0.25) is 9.59 Å². The van der Waals surface area contributed by atoms with Crippen LogP contribution < -0.4 is 0 Å². The van der Waals surface area contributed by atoms with E-state index in [2.05, 4.69) is 67.8 Å². The summed E-state index contributed by atoms with van der Waals surface area (Å²) in [6.07, 6.45) is -0.502. The third-order valence-electron chi connectivity index (χ3n) is 5.49. The van der Waals surface area contributed by atoms with Gasteiger partial charge in [-0.05, 0) is 114 Å². The maximum Gasteiger partial charge on any atom is 0.339 e. The van der Waals surface area contributed by atoms with Crippen molar-refractivity contribution in [1.82, 2.24) is 0 Å². The number of aliphatic hydroxyl groups excluding tert-OH is 1. The number of epoxide rings is 1. The molecule has 0 saturated carbocycles. The summed E-state index contributed by atoms with van der Waals surface area (Å²) >= 11 is 6.34. The van der Waals surface area contributed by atoms with Crippen LogP contribution in [0.4, 0.5) is 0 Å². The van der Waals surface area contributed by atoms with Crippen LogP contribution in [-0.2, 0) is 28.5 Å². The van der Waals surface area contributed by atoms with E-state index in [1.54, 1.807) is 26.8 Å². The molecule has 0 aromatic heterocycles. The van der Waals surface area contributed by atoms with Gasteiger partial charge < -0.3 is 24.1 Å². The molecular formula is C23H29I3O8. The number of esters is 3.